The molecule has 0 bridgehead atoms. The Balaban J connectivity index is 3.09. The number of hydrogen-bond donors (Lipinski definition) is 1. The summed E-state index contributed by atoms with van der Waals surface area (Å²) in [6.45, 7) is 8.38. The maximum absolute atomic E-state index is 5.36. The first-order valence-corrected chi connectivity index (χ1v) is 6.78. The molecule has 0 saturated heterocycles. The van der Waals surface area contributed by atoms with Crippen molar-refractivity contribution in [3.8, 4) is 0 Å². The molecule has 0 rings (SSSR count). The average molecular weight is 273 g/mol. The minimum atomic E-state index is 0.574. The number of rotatable bonds is 13. The van der Waals surface area contributed by atoms with Crippen LogP contribution in [0.2, 0.25) is 0 Å². The van der Waals surface area contributed by atoms with Crippen LogP contribution < -0.4 is 5.84 Å². The van der Waals surface area contributed by atoms with Crippen LogP contribution >= 0.6 is 0 Å². The number of ether oxygens (including phenoxy) is 3. The third kappa shape index (κ3) is 15.0. The lowest BCUT2D eigenvalue weighted by Crippen LogP contribution is -2.11. The number of hydrogen-bond acceptors (Lipinski definition) is 6. The Morgan fingerprint density at radius 3 is 2.16 bits per heavy atom. The van der Waals surface area contributed by atoms with E-state index in [1.165, 1.54) is 0 Å². The van der Waals surface area contributed by atoms with Crippen molar-refractivity contribution in [1.82, 2.24) is 0 Å². The summed E-state index contributed by atoms with van der Waals surface area (Å²) in [7, 11) is 0. The quantitative estimate of drug-likeness (QED) is 0.237. The van der Waals surface area contributed by atoms with Crippen molar-refractivity contribution in [2.45, 2.75) is 26.7 Å². The molecule has 0 aromatic carbocycles. The molecule has 0 spiro atoms. The molecule has 112 valence electrons. The molecule has 0 aromatic heterocycles. The predicted molar refractivity (Wildman–Crippen MR) is 78.0 cm³/mol. The summed E-state index contributed by atoms with van der Waals surface area (Å²) in [5.74, 6) is 5.06. The largest absolute Gasteiger partial charge is 0.379 e. The predicted octanol–water partition coefficient (Wildman–Crippen LogP) is 1.24. The average Bonchev–Trinajstić information content (AvgIpc) is 2.43. The lowest BCUT2D eigenvalue weighted by molar-refractivity contribution is 0.0155. The maximum atomic E-state index is 5.36. The molecule has 0 aliphatic carbocycles. The SMILES string of the molecule is CCCCOCCOCCOCCN=C/C(C)=N\N. The first kappa shape index (κ1) is 18.0. The van der Waals surface area contributed by atoms with Crippen molar-refractivity contribution in [2.24, 2.45) is 15.9 Å². The molecule has 0 heterocycles. The summed E-state index contributed by atoms with van der Waals surface area (Å²) >= 11 is 0. The van der Waals surface area contributed by atoms with E-state index < -0.39 is 0 Å². The van der Waals surface area contributed by atoms with Crippen molar-refractivity contribution < 1.29 is 14.2 Å². The van der Waals surface area contributed by atoms with Crippen molar-refractivity contribution in [1.29, 1.82) is 0 Å². The minimum Gasteiger partial charge on any atom is -0.379 e. The van der Waals surface area contributed by atoms with Crippen LogP contribution in [0.4, 0.5) is 0 Å². The van der Waals surface area contributed by atoms with E-state index in [9.17, 15) is 0 Å². The summed E-state index contributed by atoms with van der Waals surface area (Å²) in [6, 6.07) is 0. The van der Waals surface area contributed by atoms with Crippen LogP contribution in [0.1, 0.15) is 26.7 Å². The third-order valence-corrected chi connectivity index (χ3v) is 2.23. The Bertz CT molecular complexity index is 245. The maximum Gasteiger partial charge on any atom is 0.0747 e. The van der Waals surface area contributed by atoms with Gasteiger partial charge in [-0.05, 0) is 13.3 Å². The van der Waals surface area contributed by atoms with E-state index in [1.807, 2.05) is 0 Å². The first-order valence-electron chi connectivity index (χ1n) is 6.78. The smallest absolute Gasteiger partial charge is 0.0747 e. The van der Waals surface area contributed by atoms with Gasteiger partial charge in [0.05, 0.1) is 45.3 Å². The number of nitrogens with zero attached hydrogens (tertiary/aromatic N) is 2. The van der Waals surface area contributed by atoms with Crippen molar-refractivity contribution in [2.75, 3.05) is 46.2 Å². The van der Waals surface area contributed by atoms with Crippen molar-refractivity contribution >= 4 is 11.9 Å². The lowest BCUT2D eigenvalue weighted by atomic mass is 10.4. The zero-order valence-corrected chi connectivity index (χ0v) is 12.1. The summed E-state index contributed by atoms with van der Waals surface area (Å²) in [6.07, 6.45) is 3.90. The highest BCUT2D eigenvalue weighted by atomic mass is 16.5. The molecule has 19 heavy (non-hydrogen) atoms. The molecule has 0 aliphatic heterocycles. The van der Waals surface area contributed by atoms with E-state index >= 15 is 0 Å². The summed E-state index contributed by atoms with van der Waals surface area (Å²) in [5, 5.41) is 3.48. The molecule has 6 nitrogen and oxygen atoms in total. The molecular weight excluding hydrogens is 246 g/mol. The van der Waals surface area contributed by atoms with Gasteiger partial charge in [0, 0.05) is 12.8 Å². The molecule has 0 radical (unpaired) electrons. The molecule has 0 unspecified atom stereocenters. The van der Waals surface area contributed by atoms with Gasteiger partial charge in [0.15, 0.2) is 0 Å². The van der Waals surface area contributed by atoms with Crippen LogP contribution in [-0.4, -0.2) is 58.1 Å². The van der Waals surface area contributed by atoms with E-state index in [0.717, 1.165) is 19.4 Å². The van der Waals surface area contributed by atoms with Gasteiger partial charge in [-0.2, -0.15) is 5.10 Å². The minimum absolute atomic E-state index is 0.574. The molecule has 0 aliphatic rings. The van der Waals surface area contributed by atoms with E-state index in [-0.39, 0.29) is 0 Å². The molecule has 0 fully saturated rings. The summed E-state index contributed by atoms with van der Waals surface area (Å²) < 4.78 is 16.1. The van der Waals surface area contributed by atoms with Gasteiger partial charge in [0.25, 0.3) is 0 Å². The highest BCUT2D eigenvalue weighted by molar-refractivity contribution is 6.29. The fraction of sp³-hybridized carbons (Fsp3) is 0.846. The van der Waals surface area contributed by atoms with Gasteiger partial charge in [-0.3, -0.25) is 4.99 Å². The Morgan fingerprint density at radius 2 is 1.58 bits per heavy atom. The third-order valence-electron chi connectivity index (χ3n) is 2.23. The molecule has 0 aromatic rings. The Labute approximate surface area is 116 Å². The molecule has 0 saturated carbocycles. The van der Waals surface area contributed by atoms with E-state index in [1.54, 1.807) is 13.1 Å². The van der Waals surface area contributed by atoms with E-state index in [0.29, 0.717) is 45.3 Å². The molecule has 2 N–H and O–H groups in total. The van der Waals surface area contributed by atoms with Crippen LogP contribution in [-0.2, 0) is 14.2 Å². The highest BCUT2D eigenvalue weighted by Gasteiger charge is 1.91. The molecule has 6 heteroatoms. The number of nitrogens with two attached hydrogens (primary N) is 1. The Morgan fingerprint density at radius 1 is 1.00 bits per heavy atom. The van der Waals surface area contributed by atoms with Crippen LogP contribution in [0.3, 0.4) is 0 Å². The topological polar surface area (TPSA) is 78.4 Å². The second-order valence-electron chi connectivity index (χ2n) is 4.00. The van der Waals surface area contributed by atoms with Crippen molar-refractivity contribution in [3.63, 3.8) is 0 Å². The van der Waals surface area contributed by atoms with Crippen LogP contribution in [0.5, 0.6) is 0 Å². The van der Waals surface area contributed by atoms with Gasteiger partial charge in [0.2, 0.25) is 0 Å². The fourth-order valence-electron chi connectivity index (χ4n) is 1.14. The standard InChI is InChI=1S/C13H27N3O3/c1-3-4-6-17-8-10-19-11-9-18-7-5-15-12-13(2)16-14/h12H,3-11,14H2,1-2H3/b15-12?,16-13-. The second kappa shape index (κ2) is 15.1. The molecule has 0 amide bonds. The monoisotopic (exact) mass is 273 g/mol. The number of unbranched alkanes of at least 4 members (excludes halogenated alkanes) is 1. The molecule has 0 atom stereocenters. The second-order valence-corrected chi connectivity index (χ2v) is 4.00. The fourth-order valence-corrected chi connectivity index (χ4v) is 1.14. The van der Waals surface area contributed by atoms with Gasteiger partial charge in [0.1, 0.15) is 0 Å². The Kier molecular flexibility index (Phi) is 14.3. The first-order chi connectivity index (χ1) is 9.31. The van der Waals surface area contributed by atoms with Gasteiger partial charge < -0.3 is 20.1 Å². The summed E-state index contributed by atoms with van der Waals surface area (Å²) in [5.41, 5.74) is 0.700. The number of hydrazone groups is 1. The van der Waals surface area contributed by atoms with Crippen LogP contribution in [0.15, 0.2) is 10.1 Å². The zero-order valence-electron chi connectivity index (χ0n) is 12.1. The van der Waals surface area contributed by atoms with Crippen LogP contribution in [0.25, 0.3) is 0 Å². The molecular formula is C13H27N3O3. The van der Waals surface area contributed by atoms with Gasteiger partial charge >= 0.3 is 0 Å². The number of aliphatic imine (C=N–C) groups is 1. The normalized spacial score (nSPS) is 12.4. The summed E-state index contributed by atoms with van der Waals surface area (Å²) in [4.78, 5) is 4.10. The van der Waals surface area contributed by atoms with E-state index in [2.05, 4.69) is 17.0 Å². The lowest BCUT2D eigenvalue weighted by Gasteiger charge is -2.05. The van der Waals surface area contributed by atoms with Crippen molar-refractivity contribution in [3.05, 3.63) is 0 Å². The van der Waals surface area contributed by atoms with Gasteiger partial charge in [-0.25, -0.2) is 0 Å². The van der Waals surface area contributed by atoms with Gasteiger partial charge in [-0.1, -0.05) is 13.3 Å². The van der Waals surface area contributed by atoms with Gasteiger partial charge in [-0.15, -0.1) is 0 Å². The zero-order chi connectivity index (χ0) is 14.2. The van der Waals surface area contributed by atoms with Crippen LogP contribution in [0, 0.1) is 0 Å². The Hall–Kier alpha value is -0.980. The van der Waals surface area contributed by atoms with E-state index in [4.69, 9.17) is 20.1 Å². The highest BCUT2D eigenvalue weighted by Crippen LogP contribution is 1.88.